The van der Waals surface area contributed by atoms with E-state index in [1.54, 1.807) is 12.1 Å². The van der Waals surface area contributed by atoms with Crippen molar-refractivity contribution >= 4 is 31.9 Å². The summed E-state index contributed by atoms with van der Waals surface area (Å²) in [5, 5.41) is 0. The molecule has 0 bridgehead atoms. The Bertz CT molecular complexity index is 894. The van der Waals surface area contributed by atoms with Crippen molar-refractivity contribution in [3.63, 3.8) is 0 Å². The lowest BCUT2D eigenvalue weighted by atomic mass is 10.2. The normalized spacial score (nSPS) is 19.3. The molecule has 1 aromatic carbocycles. The lowest BCUT2D eigenvalue weighted by molar-refractivity contribution is -0.120. The van der Waals surface area contributed by atoms with E-state index in [9.17, 15) is 13.2 Å². The van der Waals surface area contributed by atoms with Gasteiger partial charge in [0.25, 0.3) is 10.0 Å². The summed E-state index contributed by atoms with van der Waals surface area (Å²) in [5.74, 6) is 0.255. The summed E-state index contributed by atoms with van der Waals surface area (Å²) in [4.78, 5) is 12.2. The first-order valence-electron chi connectivity index (χ1n) is 7.39. The lowest BCUT2D eigenvalue weighted by Crippen LogP contribution is -2.32. The fourth-order valence-corrected chi connectivity index (χ4v) is 4.67. The molecule has 0 spiro atoms. The maximum Gasteiger partial charge on any atom is 0.265 e. The van der Waals surface area contributed by atoms with E-state index in [1.165, 1.54) is 32.6 Å². The third-order valence-electron chi connectivity index (χ3n) is 4.00. The van der Waals surface area contributed by atoms with Gasteiger partial charge in [0.05, 0.1) is 20.5 Å². The number of benzene rings is 1. The van der Waals surface area contributed by atoms with Crippen molar-refractivity contribution in [2.24, 2.45) is 5.92 Å². The van der Waals surface area contributed by atoms with E-state index in [0.717, 1.165) is 0 Å². The summed E-state index contributed by atoms with van der Waals surface area (Å²) in [6.45, 7) is 0. The van der Waals surface area contributed by atoms with Gasteiger partial charge in [0, 0.05) is 22.4 Å². The number of amides is 1. The molecule has 3 rings (SSSR count). The summed E-state index contributed by atoms with van der Waals surface area (Å²) >= 11 is 3.19. The molecule has 9 heteroatoms. The molecule has 1 saturated carbocycles. The highest BCUT2D eigenvalue weighted by molar-refractivity contribution is 9.10. The molecule has 2 atom stereocenters. The van der Waals surface area contributed by atoms with Gasteiger partial charge in [0.1, 0.15) is 10.7 Å². The maximum atomic E-state index is 12.6. The number of carbonyl (C=O) groups is 1. The van der Waals surface area contributed by atoms with Crippen LogP contribution in [0.4, 0.5) is 0 Å². The monoisotopic (exact) mass is 429 g/mol. The van der Waals surface area contributed by atoms with Gasteiger partial charge in [-0.05, 0) is 40.5 Å². The predicted octanol–water partition coefficient (Wildman–Crippen LogP) is 2.67. The van der Waals surface area contributed by atoms with Crippen LogP contribution in [0.15, 0.2) is 44.3 Å². The van der Waals surface area contributed by atoms with E-state index in [-0.39, 0.29) is 21.0 Å². The molecule has 0 aliphatic heterocycles. The van der Waals surface area contributed by atoms with Crippen molar-refractivity contribution in [3.05, 3.63) is 40.8 Å². The van der Waals surface area contributed by atoms with Gasteiger partial charge in [-0.15, -0.1) is 0 Å². The minimum absolute atomic E-state index is 0.0842. The third kappa shape index (κ3) is 3.52. The molecule has 7 nitrogen and oxygen atoms in total. The third-order valence-corrected chi connectivity index (χ3v) is 6.30. The molecular formula is C16H16BrNO6S. The number of methoxy groups -OCH3 is 2. The summed E-state index contributed by atoms with van der Waals surface area (Å²) in [6, 6.07) is 6.29. The molecule has 2 unspecified atom stereocenters. The van der Waals surface area contributed by atoms with Crippen LogP contribution in [0.25, 0.3) is 0 Å². The molecule has 1 aliphatic rings. The molecular weight excluding hydrogens is 414 g/mol. The summed E-state index contributed by atoms with van der Waals surface area (Å²) in [5.41, 5.74) is 0. The molecule has 1 aromatic heterocycles. The van der Waals surface area contributed by atoms with Gasteiger partial charge in [-0.25, -0.2) is 13.1 Å². The highest BCUT2D eigenvalue weighted by atomic mass is 79.9. The quantitative estimate of drug-likeness (QED) is 0.758. The second-order valence-electron chi connectivity index (χ2n) is 5.57. The highest BCUT2D eigenvalue weighted by Gasteiger charge is 2.47. The minimum atomic E-state index is -4.06. The summed E-state index contributed by atoms with van der Waals surface area (Å²) in [6.07, 6.45) is 2.09. The second-order valence-corrected chi connectivity index (χ2v) is 8.08. The molecule has 1 amide bonds. The van der Waals surface area contributed by atoms with Crippen LogP contribution in [0.1, 0.15) is 18.1 Å². The minimum Gasteiger partial charge on any atom is -0.493 e. The SMILES string of the molecule is COc1cc(Br)c(S(=O)(=O)NC(=O)C2CC2c2ccco2)cc1OC. The van der Waals surface area contributed by atoms with Crippen molar-refractivity contribution in [2.45, 2.75) is 17.2 Å². The van der Waals surface area contributed by atoms with Crippen LogP contribution >= 0.6 is 15.9 Å². The number of furan rings is 1. The molecule has 1 fully saturated rings. The van der Waals surface area contributed by atoms with Crippen LogP contribution in [-0.4, -0.2) is 28.5 Å². The van der Waals surface area contributed by atoms with E-state index >= 15 is 0 Å². The van der Waals surface area contributed by atoms with Gasteiger partial charge in [0.15, 0.2) is 11.5 Å². The van der Waals surface area contributed by atoms with Crippen molar-refractivity contribution < 1.29 is 27.1 Å². The molecule has 1 heterocycles. The van der Waals surface area contributed by atoms with Crippen LogP contribution in [-0.2, 0) is 14.8 Å². The maximum absolute atomic E-state index is 12.6. The Balaban J connectivity index is 1.79. The fourth-order valence-electron chi connectivity index (χ4n) is 2.61. The van der Waals surface area contributed by atoms with E-state index < -0.39 is 21.8 Å². The van der Waals surface area contributed by atoms with E-state index in [4.69, 9.17) is 13.9 Å². The Morgan fingerprint density at radius 2 is 1.96 bits per heavy atom. The molecule has 1 aliphatic carbocycles. The van der Waals surface area contributed by atoms with Gasteiger partial charge in [-0.3, -0.25) is 4.79 Å². The predicted molar refractivity (Wildman–Crippen MR) is 92.1 cm³/mol. The number of nitrogens with one attached hydrogen (secondary N) is 1. The molecule has 25 heavy (non-hydrogen) atoms. The second kappa shape index (κ2) is 6.72. The number of halogens is 1. The standard InChI is InChI=1S/C16H16BrNO6S/c1-22-13-7-11(17)15(8-14(13)23-2)25(20,21)18-16(19)10-6-9(10)12-4-3-5-24-12/h3-5,7-10H,6H2,1-2H3,(H,18,19). The van der Waals surface area contributed by atoms with Crippen molar-refractivity contribution in [1.29, 1.82) is 0 Å². The topological polar surface area (TPSA) is 94.8 Å². The van der Waals surface area contributed by atoms with E-state index in [1.807, 2.05) is 0 Å². The summed E-state index contributed by atoms with van der Waals surface area (Å²) in [7, 11) is -1.21. The smallest absolute Gasteiger partial charge is 0.265 e. The Labute approximate surface area is 153 Å². The number of ether oxygens (including phenoxy) is 2. The fraction of sp³-hybridized carbons (Fsp3) is 0.312. The van der Waals surface area contributed by atoms with Gasteiger partial charge in [-0.1, -0.05) is 0 Å². The molecule has 1 N–H and O–H groups in total. The molecule has 134 valence electrons. The van der Waals surface area contributed by atoms with Gasteiger partial charge in [-0.2, -0.15) is 0 Å². The first-order chi connectivity index (χ1) is 11.9. The number of sulfonamides is 1. The van der Waals surface area contributed by atoms with Gasteiger partial charge < -0.3 is 13.9 Å². The average molecular weight is 430 g/mol. The van der Waals surface area contributed by atoms with Crippen LogP contribution in [0.3, 0.4) is 0 Å². The van der Waals surface area contributed by atoms with Gasteiger partial charge in [0.2, 0.25) is 5.91 Å². The number of hydrogen-bond donors (Lipinski definition) is 1. The zero-order valence-electron chi connectivity index (χ0n) is 13.5. The lowest BCUT2D eigenvalue weighted by Gasteiger charge is -2.13. The highest BCUT2D eigenvalue weighted by Crippen LogP contribution is 2.48. The van der Waals surface area contributed by atoms with Crippen molar-refractivity contribution in [1.82, 2.24) is 4.72 Å². The van der Waals surface area contributed by atoms with Crippen molar-refractivity contribution in [3.8, 4) is 11.5 Å². The van der Waals surface area contributed by atoms with E-state index in [2.05, 4.69) is 20.7 Å². The van der Waals surface area contributed by atoms with Crippen molar-refractivity contribution in [2.75, 3.05) is 14.2 Å². The average Bonchev–Trinajstić information content (AvgIpc) is 3.19. The van der Waals surface area contributed by atoms with Crippen LogP contribution < -0.4 is 14.2 Å². The first kappa shape index (κ1) is 17.8. The Morgan fingerprint density at radius 1 is 1.28 bits per heavy atom. The zero-order valence-corrected chi connectivity index (χ0v) is 15.9. The van der Waals surface area contributed by atoms with Gasteiger partial charge >= 0.3 is 0 Å². The Kier molecular flexibility index (Phi) is 4.79. The van der Waals surface area contributed by atoms with Crippen LogP contribution in [0.5, 0.6) is 11.5 Å². The van der Waals surface area contributed by atoms with Crippen LogP contribution in [0, 0.1) is 5.92 Å². The largest absolute Gasteiger partial charge is 0.493 e. The molecule has 0 radical (unpaired) electrons. The van der Waals surface area contributed by atoms with Crippen LogP contribution in [0.2, 0.25) is 0 Å². The van der Waals surface area contributed by atoms with E-state index in [0.29, 0.717) is 17.9 Å². The number of rotatable bonds is 6. The molecule has 0 saturated heterocycles. The number of hydrogen-bond acceptors (Lipinski definition) is 6. The molecule has 2 aromatic rings. The summed E-state index contributed by atoms with van der Waals surface area (Å²) < 4.78 is 43.0. The Hall–Kier alpha value is -2.00. The number of carbonyl (C=O) groups excluding carboxylic acids is 1. The first-order valence-corrected chi connectivity index (χ1v) is 9.66. The zero-order chi connectivity index (χ0) is 18.2. The Morgan fingerprint density at radius 3 is 2.56 bits per heavy atom.